The number of hydrogen-bond donors (Lipinski definition) is 0. The van der Waals surface area contributed by atoms with Gasteiger partial charge in [-0.3, -0.25) is 0 Å². The molecule has 0 saturated heterocycles. The van der Waals surface area contributed by atoms with Crippen LogP contribution in [0.2, 0.25) is 0 Å². The van der Waals surface area contributed by atoms with Gasteiger partial charge in [0.2, 0.25) is 0 Å². The Hall–Kier alpha value is -6.96. The van der Waals surface area contributed by atoms with E-state index in [0.29, 0.717) is 0 Å². The molecule has 0 unspecified atom stereocenters. The van der Waals surface area contributed by atoms with Crippen LogP contribution in [0.1, 0.15) is 25.0 Å². The van der Waals surface area contributed by atoms with Crippen LogP contribution in [0.15, 0.2) is 200 Å². The first-order valence-corrected chi connectivity index (χ1v) is 19.6. The fourth-order valence-corrected chi connectivity index (χ4v) is 9.43. The number of fused-ring (bicyclic) bond motifs is 9. The second kappa shape index (κ2) is 12.5. The van der Waals surface area contributed by atoms with Crippen molar-refractivity contribution < 1.29 is 0 Å². The van der Waals surface area contributed by atoms with E-state index >= 15 is 0 Å². The summed E-state index contributed by atoms with van der Waals surface area (Å²) < 4.78 is 0. The third kappa shape index (κ3) is 5.01. The van der Waals surface area contributed by atoms with Gasteiger partial charge in [0.25, 0.3) is 0 Å². The minimum atomic E-state index is -0.112. The molecular formula is C55H39N. The molecule has 1 aliphatic carbocycles. The molecular weight excluding hydrogens is 675 g/mol. The Balaban J connectivity index is 1.08. The Bertz CT molecular complexity index is 3170. The van der Waals surface area contributed by atoms with E-state index in [4.69, 9.17) is 0 Å². The molecule has 1 aliphatic rings. The molecule has 0 atom stereocenters. The van der Waals surface area contributed by atoms with E-state index < -0.39 is 0 Å². The van der Waals surface area contributed by atoms with E-state index in [0.717, 1.165) is 17.1 Å². The molecule has 0 aliphatic heterocycles. The minimum absolute atomic E-state index is 0.112. The highest BCUT2D eigenvalue weighted by Crippen LogP contribution is 2.51. The van der Waals surface area contributed by atoms with Crippen molar-refractivity contribution in [3.05, 3.63) is 211 Å². The van der Waals surface area contributed by atoms with E-state index in [-0.39, 0.29) is 5.41 Å². The van der Waals surface area contributed by atoms with Crippen molar-refractivity contribution in [3.63, 3.8) is 0 Å². The Labute approximate surface area is 327 Å². The van der Waals surface area contributed by atoms with Gasteiger partial charge in [0, 0.05) is 22.4 Å². The van der Waals surface area contributed by atoms with Gasteiger partial charge in [-0.1, -0.05) is 178 Å². The SMILES string of the molecule is CC1(C)c2ccccc2-c2ccc(N(c3ccc(-c4cccc5c4ccc4ccc6ccccc6c45)cc3)c3ccccc3-c3ccc4ccccc4c3)cc21. The molecule has 10 aromatic carbocycles. The molecule has 0 N–H and O–H groups in total. The average Bonchev–Trinajstić information content (AvgIpc) is 3.48. The quantitative estimate of drug-likeness (QED) is 0.161. The largest absolute Gasteiger partial charge is 0.310 e. The molecule has 0 fully saturated rings. The zero-order valence-electron chi connectivity index (χ0n) is 31.5. The monoisotopic (exact) mass is 713 g/mol. The van der Waals surface area contributed by atoms with Crippen LogP contribution in [0.3, 0.4) is 0 Å². The van der Waals surface area contributed by atoms with Crippen LogP contribution < -0.4 is 4.90 Å². The molecule has 0 heterocycles. The average molecular weight is 714 g/mol. The molecule has 0 bridgehead atoms. The van der Waals surface area contributed by atoms with Crippen molar-refractivity contribution in [2.24, 2.45) is 0 Å². The van der Waals surface area contributed by atoms with Crippen molar-refractivity contribution in [1.29, 1.82) is 0 Å². The van der Waals surface area contributed by atoms with Gasteiger partial charge in [-0.15, -0.1) is 0 Å². The van der Waals surface area contributed by atoms with E-state index in [1.165, 1.54) is 87.6 Å². The molecule has 1 nitrogen and oxygen atoms in total. The third-order valence-electron chi connectivity index (χ3n) is 12.2. The molecule has 0 radical (unpaired) electrons. The number of anilines is 3. The summed E-state index contributed by atoms with van der Waals surface area (Å²) in [5.74, 6) is 0. The molecule has 264 valence electrons. The highest BCUT2D eigenvalue weighted by atomic mass is 15.1. The lowest BCUT2D eigenvalue weighted by atomic mass is 9.82. The van der Waals surface area contributed by atoms with Gasteiger partial charge in [0.05, 0.1) is 5.69 Å². The highest BCUT2D eigenvalue weighted by Gasteiger charge is 2.36. The van der Waals surface area contributed by atoms with Gasteiger partial charge in [0.1, 0.15) is 0 Å². The van der Waals surface area contributed by atoms with Crippen molar-refractivity contribution in [3.8, 4) is 33.4 Å². The molecule has 0 aromatic heterocycles. The van der Waals surface area contributed by atoms with Gasteiger partial charge >= 0.3 is 0 Å². The van der Waals surface area contributed by atoms with Crippen molar-refractivity contribution >= 4 is 60.2 Å². The predicted octanol–water partition coefficient (Wildman–Crippen LogP) is 15.4. The van der Waals surface area contributed by atoms with Crippen LogP contribution in [0, 0.1) is 0 Å². The first-order valence-electron chi connectivity index (χ1n) is 19.6. The summed E-state index contributed by atoms with van der Waals surface area (Å²) in [6.45, 7) is 4.72. The summed E-state index contributed by atoms with van der Waals surface area (Å²) in [4.78, 5) is 2.45. The Morgan fingerprint density at radius 2 is 0.946 bits per heavy atom. The molecule has 11 rings (SSSR count). The van der Waals surface area contributed by atoms with E-state index in [1.807, 2.05) is 0 Å². The number of para-hydroxylation sites is 1. The van der Waals surface area contributed by atoms with E-state index in [9.17, 15) is 0 Å². The number of nitrogens with zero attached hydrogens (tertiary/aromatic N) is 1. The Morgan fingerprint density at radius 3 is 1.82 bits per heavy atom. The molecule has 0 spiro atoms. The lowest BCUT2D eigenvalue weighted by molar-refractivity contribution is 0.660. The second-order valence-corrected chi connectivity index (χ2v) is 15.7. The molecule has 0 saturated carbocycles. The summed E-state index contributed by atoms with van der Waals surface area (Å²) in [6.07, 6.45) is 0. The third-order valence-corrected chi connectivity index (χ3v) is 12.2. The molecule has 10 aromatic rings. The van der Waals surface area contributed by atoms with Gasteiger partial charge in [0.15, 0.2) is 0 Å². The summed E-state index contributed by atoms with van der Waals surface area (Å²) in [6, 6.07) is 74.0. The maximum absolute atomic E-state index is 2.45. The first-order chi connectivity index (χ1) is 27.5. The second-order valence-electron chi connectivity index (χ2n) is 15.7. The predicted molar refractivity (Wildman–Crippen MR) is 240 cm³/mol. The summed E-state index contributed by atoms with van der Waals surface area (Å²) >= 11 is 0. The lowest BCUT2D eigenvalue weighted by Crippen LogP contribution is -2.16. The lowest BCUT2D eigenvalue weighted by Gasteiger charge is -2.30. The normalized spacial score (nSPS) is 13.0. The van der Waals surface area contributed by atoms with E-state index in [1.54, 1.807) is 0 Å². The van der Waals surface area contributed by atoms with Gasteiger partial charge in [-0.05, 0) is 118 Å². The molecule has 1 heteroatoms. The molecule has 56 heavy (non-hydrogen) atoms. The smallest absolute Gasteiger partial charge is 0.0540 e. The van der Waals surface area contributed by atoms with Crippen molar-refractivity contribution in [1.82, 2.24) is 0 Å². The van der Waals surface area contributed by atoms with Crippen LogP contribution in [0.4, 0.5) is 17.1 Å². The topological polar surface area (TPSA) is 3.24 Å². The van der Waals surface area contributed by atoms with Crippen LogP contribution in [-0.2, 0) is 5.41 Å². The highest BCUT2D eigenvalue weighted by molar-refractivity contribution is 6.22. The summed E-state index contributed by atoms with van der Waals surface area (Å²) in [5, 5.41) is 10.2. The fraction of sp³-hybridized carbons (Fsp3) is 0.0545. The number of benzene rings is 10. The maximum atomic E-state index is 2.45. The Morgan fingerprint density at radius 1 is 0.339 bits per heavy atom. The van der Waals surface area contributed by atoms with E-state index in [2.05, 4.69) is 219 Å². The summed E-state index contributed by atoms with van der Waals surface area (Å²) in [5.41, 5.74) is 13.5. The number of hydrogen-bond acceptors (Lipinski definition) is 1. The minimum Gasteiger partial charge on any atom is -0.310 e. The van der Waals surface area contributed by atoms with Crippen LogP contribution in [0.5, 0.6) is 0 Å². The number of rotatable bonds is 5. The Kier molecular flexibility index (Phi) is 7.28. The molecule has 0 amide bonds. The first kappa shape index (κ1) is 32.5. The standard InChI is InChI=1S/C55H39N/c1-55(2)51-20-9-7-17-48(51)49-33-31-43(35-52(49)55)56(53-21-10-8-15-45(53)41-25-22-36-12-3-4-14-40(36)34-41)42-29-26-38(27-30-42)44-18-11-19-50-47(44)32-28-39-24-23-37-13-5-6-16-46(37)54(39)50/h3-35H,1-2H3. The van der Waals surface area contributed by atoms with Crippen molar-refractivity contribution in [2.75, 3.05) is 4.90 Å². The van der Waals surface area contributed by atoms with Crippen LogP contribution >= 0.6 is 0 Å². The zero-order chi connectivity index (χ0) is 37.4. The zero-order valence-corrected chi connectivity index (χ0v) is 31.5. The van der Waals surface area contributed by atoms with Crippen LogP contribution in [0.25, 0.3) is 76.5 Å². The fourth-order valence-electron chi connectivity index (χ4n) is 9.43. The van der Waals surface area contributed by atoms with Crippen molar-refractivity contribution in [2.45, 2.75) is 19.3 Å². The van der Waals surface area contributed by atoms with Gasteiger partial charge in [-0.25, -0.2) is 0 Å². The summed E-state index contributed by atoms with van der Waals surface area (Å²) in [7, 11) is 0. The van der Waals surface area contributed by atoms with Crippen LogP contribution in [-0.4, -0.2) is 0 Å². The maximum Gasteiger partial charge on any atom is 0.0540 e. The van der Waals surface area contributed by atoms with Gasteiger partial charge < -0.3 is 4.90 Å². The van der Waals surface area contributed by atoms with Gasteiger partial charge in [-0.2, -0.15) is 0 Å².